The third-order valence-corrected chi connectivity index (χ3v) is 6.36. The fraction of sp³-hybridized carbons (Fsp3) is 0.444. The first kappa shape index (κ1) is 19.9. The van der Waals surface area contributed by atoms with E-state index in [9.17, 15) is 26.4 Å². The Morgan fingerprint density at radius 3 is 2.62 bits per heavy atom. The molecule has 1 unspecified atom stereocenters. The number of carbonyl (C=O) groups is 1. The van der Waals surface area contributed by atoms with Gasteiger partial charge in [0.25, 0.3) is 0 Å². The standard InChI is InChI=1S/C18H19F3N4O3S/c19-18(20,21)29(27,28)25-12-5-3-10(4-6-12)14-9-15(24-17(26)11-1-2-11)23-16-13(14)7-8-22-16/h3,7-9,11-12,25H,1-2,4-6H2,(H2,22,23,24,26). The molecule has 2 aliphatic rings. The first-order chi connectivity index (χ1) is 13.6. The highest BCUT2D eigenvalue weighted by atomic mass is 32.2. The van der Waals surface area contributed by atoms with Gasteiger partial charge in [-0.15, -0.1) is 0 Å². The zero-order valence-electron chi connectivity index (χ0n) is 15.2. The van der Waals surface area contributed by atoms with Crippen molar-refractivity contribution in [2.24, 2.45) is 5.92 Å². The Morgan fingerprint density at radius 2 is 2.00 bits per heavy atom. The second-order valence-corrected chi connectivity index (χ2v) is 9.03. The minimum Gasteiger partial charge on any atom is -0.346 e. The molecular formula is C18H19F3N4O3S. The summed E-state index contributed by atoms with van der Waals surface area (Å²) in [5.74, 6) is 0.358. The maximum Gasteiger partial charge on any atom is 0.511 e. The summed E-state index contributed by atoms with van der Waals surface area (Å²) in [7, 11) is -5.37. The molecule has 1 amide bonds. The molecule has 1 atom stereocenters. The molecule has 1 fully saturated rings. The smallest absolute Gasteiger partial charge is 0.346 e. The van der Waals surface area contributed by atoms with Crippen molar-refractivity contribution in [3.8, 4) is 0 Å². The Kier molecular flexibility index (Phi) is 4.89. The molecule has 0 aliphatic heterocycles. The van der Waals surface area contributed by atoms with E-state index in [2.05, 4.69) is 15.3 Å². The van der Waals surface area contributed by atoms with Gasteiger partial charge in [0.1, 0.15) is 11.5 Å². The summed E-state index contributed by atoms with van der Waals surface area (Å²) in [4.78, 5) is 19.5. The first-order valence-electron chi connectivity index (χ1n) is 9.21. The van der Waals surface area contributed by atoms with Crippen LogP contribution in [0.2, 0.25) is 0 Å². The van der Waals surface area contributed by atoms with Gasteiger partial charge in [-0.05, 0) is 55.4 Å². The largest absolute Gasteiger partial charge is 0.511 e. The van der Waals surface area contributed by atoms with E-state index in [1.807, 2.05) is 6.07 Å². The van der Waals surface area contributed by atoms with Crippen LogP contribution in [-0.2, 0) is 14.8 Å². The van der Waals surface area contributed by atoms with Gasteiger partial charge in [0.2, 0.25) is 5.91 Å². The molecule has 7 nitrogen and oxygen atoms in total. The van der Waals surface area contributed by atoms with Crippen LogP contribution in [0.25, 0.3) is 16.6 Å². The van der Waals surface area contributed by atoms with Gasteiger partial charge >= 0.3 is 15.5 Å². The van der Waals surface area contributed by atoms with Gasteiger partial charge in [-0.25, -0.2) is 18.1 Å². The van der Waals surface area contributed by atoms with Crippen LogP contribution in [0.4, 0.5) is 19.0 Å². The van der Waals surface area contributed by atoms with Gasteiger partial charge in [0, 0.05) is 23.5 Å². The molecule has 29 heavy (non-hydrogen) atoms. The molecule has 0 radical (unpaired) electrons. The van der Waals surface area contributed by atoms with Crippen LogP contribution in [0.15, 0.2) is 24.4 Å². The van der Waals surface area contributed by atoms with E-state index >= 15 is 0 Å². The fourth-order valence-corrected chi connectivity index (χ4v) is 4.20. The van der Waals surface area contributed by atoms with Crippen molar-refractivity contribution in [3.63, 3.8) is 0 Å². The number of hydrogen-bond donors (Lipinski definition) is 3. The zero-order valence-corrected chi connectivity index (χ0v) is 16.0. The Labute approximate surface area is 164 Å². The number of nitrogens with zero attached hydrogens (tertiary/aromatic N) is 1. The second kappa shape index (κ2) is 7.13. The third-order valence-electron chi connectivity index (χ3n) is 5.11. The lowest BCUT2D eigenvalue weighted by Crippen LogP contribution is -2.43. The number of H-pyrrole nitrogens is 1. The van der Waals surface area contributed by atoms with Gasteiger partial charge in [0.05, 0.1) is 0 Å². The summed E-state index contributed by atoms with van der Waals surface area (Å²) in [6.07, 6.45) is 5.96. The molecule has 2 aromatic heterocycles. The van der Waals surface area contributed by atoms with Crippen LogP contribution < -0.4 is 10.0 Å². The summed E-state index contributed by atoms with van der Waals surface area (Å²) < 4.78 is 62.0. The predicted octanol–water partition coefficient (Wildman–Crippen LogP) is 3.29. The molecule has 0 bridgehead atoms. The number of alkyl halides is 3. The van der Waals surface area contributed by atoms with Crippen molar-refractivity contribution in [2.45, 2.75) is 43.7 Å². The minimum atomic E-state index is -5.37. The predicted molar refractivity (Wildman–Crippen MR) is 101 cm³/mol. The van der Waals surface area contributed by atoms with Crippen LogP contribution in [0.3, 0.4) is 0 Å². The number of rotatable bonds is 5. The molecule has 11 heteroatoms. The second-order valence-electron chi connectivity index (χ2n) is 7.33. The molecule has 3 N–H and O–H groups in total. The van der Waals surface area contributed by atoms with E-state index in [-0.39, 0.29) is 24.7 Å². The van der Waals surface area contributed by atoms with E-state index in [1.165, 1.54) is 0 Å². The maximum atomic E-state index is 12.6. The summed E-state index contributed by atoms with van der Waals surface area (Å²) in [5.41, 5.74) is -3.04. The van der Waals surface area contributed by atoms with Crippen molar-refractivity contribution in [1.29, 1.82) is 0 Å². The zero-order chi connectivity index (χ0) is 20.8. The number of allylic oxidation sites excluding steroid dienone is 1. The molecule has 0 saturated heterocycles. The number of fused-ring (bicyclic) bond motifs is 1. The Morgan fingerprint density at radius 1 is 1.24 bits per heavy atom. The number of carbonyl (C=O) groups excluding carboxylic acids is 1. The quantitative estimate of drug-likeness (QED) is 0.680. The topological polar surface area (TPSA) is 104 Å². The highest BCUT2D eigenvalue weighted by Crippen LogP contribution is 2.35. The highest BCUT2D eigenvalue weighted by molar-refractivity contribution is 7.90. The van der Waals surface area contributed by atoms with Crippen LogP contribution >= 0.6 is 0 Å². The number of pyridine rings is 1. The molecule has 2 heterocycles. The number of nitrogens with one attached hydrogen (secondary N) is 3. The van der Waals surface area contributed by atoms with E-state index in [0.29, 0.717) is 17.9 Å². The highest BCUT2D eigenvalue weighted by Gasteiger charge is 2.46. The normalized spacial score (nSPS) is 20.5. The molecule has 0 aromatic carbocycles. The number of sulfonamides is 1. The minimum absolute atomic E-state index is 0.0240. The number of aromatic amines is 1. The van der Waals surface area contributed by atoms with Crippen LogP contribution in [-0.4, -0.2) is 35.8 Å². The van der Waals surface area contributed by atoms with Gasteiger partial charge in [-0.3, -0.25) is 4.79 Å². The van der Waals surface area contributed by atoms with Crippen molar-refractivity contribution >= 4 is 38.4 Å². The Bertz CT molecular complexity index is 1090. The van der Waals surface area contributed by atoms with Crippen molar-refractivity contribution in [1.82, 2.24) is 14.7 Å². The summed E-state index contributed by atoms with van der Waals surface area (Å²) >= 11 is 0. The molecule has 0 spiro atoms. The molecule has 2 aromatic rings. The molecule has 156 valence electrons. The number of aromatic nitrogens is 2. The lowest BCUT2D eigenvalue weighted by molar-refractivity contribution is -0.117. The maximum absolute atomic E-state index is 12.6. The Balaban J connectivity index is 1.56. The number of halogens is 3. The van der Waals surface area contributed by atoms with Crippen LogP contribution in [0, 0.1) is 5.92 Å². The van der Waals surface area contributed by atoms with Gasteiger partial charge in [-0.2, -0.15) is 13.2 Å². The van der Waals surface area contributed by atoms with Gasteiger partial charge < -0.3 is 10.3 Å². The number of anilines is 1. The Hall–Kier alpha value is -2.40. The third kappa shape index (κ3) is 4.15. The van der Waals surface area contributed by atoms with Gasteiger partial charge in [-0.1, -0.05) is 6.08 Å². The van der Waals surface area contributed by atoms with Crippen LogP contribution in [0.1, 0.15) is 37.7 Å². The average molecular weight is 428 g/mol. The monoisotopic (exact) mass is 428 g/mol. The van der Waals surface area contributed by atoms with E-state index < -0.39 is 21.6 Å². The SMILES string of the molecule is O=C(Nc1cc(C2=CCC(NS(=O)(=O)C(F)(F)F)CC2)c2cc[nH]c2n1)C1CC1. The number of amides is 1. The summed E-state index contributed by atoms with van der Waals surface area (Å²) in [5, 5.41) is 3.64. The van der Waals surface area contributed by atoms with Crippen LogP contribution in [0.5, 0.6) is 0 Å². The molecular weight excluding hydrogens is 409 g/mol. The molecule has 1 saturated carbocycles. The van der Waals surface area contributed by atoms with E-state index in [0.717, 1.165) is 29.4 Å². The number of hydrogen-bond acceptors (Lipinski definition) is 4. The van der Waals surface area contributed by atoms with E-state index in [4.69, 9.17) is 0 Å². The van der Waals surface area contributed by atoms with Crippen molar-refractivity contribution in [2.75, 3.05) is 5.32 Å². The summed E-state index contributed by atoms with van der Waals surface area (Å²) in [6, 6.07) is 2.77. The molecule has 2 aliphatic carbocycles. The molecule has 4 rings (SSSR count). The fourth-order valence-electron chi connectivity index (χ4n) is 3.41. The average Bonchev–Trinajstić information content (AvgIpc) is 3.39. The summed E-state index contributed by atoms with van der Waals surface area (Å²) in [6.45, 7) is 0. The van der Waals surface area contributed by atoms with Crippen molar-refractivity contribution in [3.05, 3.63) is 30.0 Å². The first-order valence-corrected chi connectivity index (χ1v) is 10.7. The van der Waals surface area contributed by atoms with Crippen molar-refractivity contribution < 1.29 is 26.4 Å². The lowest BCUT2D eigenvalue weighted by atomic mass is 9.90. The van der Waals surface area contributed by atoms with E-state index in [1.54, 1.807) is 23.1 Å². The lowest BCUT2D eigenvalue weighted by Gasteiger charge is -2.24. The van der Waals surface area contributed by atoms with Gasteiger partial charge in [0.15, 0.2) is 0 Å².